The second-order valence-electron chi connectivity index (χ2n) is 4.67. The summed E-state index contributed by atoms with van der Waals surface area (Å²) in [7, 11) is 0. The van der Waals surface area contributed by atoms with E-state index in [1.54, 1.807) is 18.5 Å². The molecule has 0 atom stereocenters. The van der Waals surface area contributed by atoms with Crippen LogP contribution in [0.25, 0.3) is 33.8 Å². The maximum atomic E-state index is 5.97. The third kappa shape index (κ3) is 2.19. The van der Waals surface area contributed by atoms with E-state index in [-0.39, 0.29) is 0 Å². The van der Waals surface area contributed by atoms with Crippen molar-refractivity contribution in [2.75, 3.05) is 0 Å². The van der Waals surface area contributed by atoms with Gasteiger partial charge in [0, 0.05) is 22.7 Å². The fraction of sp³-hybridized carbons (Fsp3) is 0. The molecule has 0 saturated heterocycles. The zero-order chi connectivity index (χ0) is 14.2. The van der Waals surface area contributed by atoms with Gasteiger partial charge in [0.1, 0.15) is 17.0 Å². The molecule has 5 heteroatoms. The van der Waals surface area contributed by atoms with E-state index in [0.717, 1.165) is 22.4 Å². The van der Waals surface area contributed by atoms with Crippen molar-refractivity contribution < 1.29 is 4.42 Å². The Morgan fingerprint density at radius 3 is 2.81 bits per heavy atom. The molecule has 4 rings (SSSR count). The smallest absolute Gasteiger partial charge is 0.155 e. The van der Waals surface area contributed by atoms with Crippen LogP contribution in [0.3, 0.4) is 0 Å². The molecule has 0 aliphatic carbocycles. The summed E-state index contributed by atoms with van der Waals surface area (Å²) in [4.78, 5) is 11.9. The molecule has 1 N–H and O–H groups in total. The first-order valence-corrected chi connectivity index (χ1v) is 6.83. The van der Waals surface area contributed by atoms with Gasteiger partial charge in [-0.1, -0.05) is 11.6 Å². The maximum Gasteiger partial charge on any atom is 0.155 e. The van der Waals surface area contributed by atoms with Crippen LogP contribution in [0.15, 0.2) is 59.4 Å². The van der Waals surface area contributed by atoms with Gasteiger partial charge in [-0.2, -0.15) is 0 Å². The molecule has 3 heterocycles. The summed E-state index contributed by atoms with van der Waals surface area (Å²) >= 11 is 5.97. The summed E-state index contributed by atoms with van der Waals surface area (Å²) in [6, 6.07) is 11.4. The second-order valence-corrected chi connectivity index (χ2v) is 5.10. The van der Waals surface area contributed by atoms with Crippen LogP contribution < -0.4 is 0 Å². The largest absolute Gasteiger partial charge is 0.454 e. The molecule has 21 heavy (non-hydrogen) atoms. The van der Waals surface area contributed by atoms with Crippen LogP contribution in [0.5, 0.6) is 0 Å². The quantitative estimate of drug-likeness (QED) is 0.591. The van der Waals surface area contributed by atoms with Crippen molar-refractivity contribution in [1.82, 2.24) is 15.0 Å². The molecule has 0 saturated carbocycles. The Bertz CT molecular complexity index is 912. The van der Waals surface area contributed by atoms with Crippen molar-refractivity contribution in [3.05, 3.63) is 60.0 Å². The fourth-order valence-corrected chi connectivity index (χ4v) is 2.40. The highest BCUT2D eigenvalue weighted by Gasteiger charge is 2.10. The number of aromatic amines is 1. The highest BCUT2D eigenvalue weighted by atomic mass is 35.5. The Labute approximate surface area is 125 Å². The standard InChI is InChI=1S/C16H10ClN3O/c17-11-4-3-10-6-16(21-15(10)7-11)14-9-18-8-13(20-14)12-2-1-5-19-12/h1-9,19H. The number of furan rings is 1. The van der Waals surface area contributed by atoms with Crippen LogP contribution in [-0.2, 0) is 0 Å². The summed E-state index contributed by atoms with van der Waals surface area (Å²) in [6.07, 6.45) is 5.26. The van der Waals surface area contributed by atoms with Gasteiger partial charge in [0.2, 0.25) is 0 Å². The molecule has 3 aromatic heterocycles. The normalized spacial score (nSPS) is 11.1. The number of H-pyrrole nitrogens is 1. The first-order valence-electron chi connectivity index (χ1n) is 6.45. The Morgan fingerprint density at radius 2 is 1.95 bits per heavy atom. The van der Waals surface area contributed by atoms with Gasteiger partial charge in [-0.15, -0.1) is 0 Å². The predicted molar refractivity (Wildman–Crippen MR) is 82.0 cm³/mol. The number of benzene rings is 1. The highest BCUT2D eigenvalue weighted by molar-refractivity contribution is 6.31. The zero-order valence-electron chi connectivity index (χ0n) is 10.9. The van der Waals surface area contributed by atoms with Crippen LogP contribution in [0.1, 0.15) is 0 Å². The molecule has 102 valence electrons. The zero-order valence-corrected chi connectivity index (χ0v) is 11.6. The average molecular weight is 296 g/mol. The molecule has 4 aromatic rings. The van der Waals surface area contributed by atoms with Crippen LogP contribution >= 0.6 is 11.6 Å². The number of hydrogen-bond acceptors (Lipinski definition) is 3. The highest BCUT2D eigenvalue weighted by Crippen LogP contribution is 2.29. The Balaban J connectivity index is 1.83. The summed E-state index contributed by atoms with van der Waals surface area (Å²) in [5.74, 6) is 0.674. The van der Waals surface area contributed by atoms with Crippen molar-refractivity contribution in [2.45, 2.75) is 0 Å². The lowest BCUT2D eigenvalue weighted by atomic mass is 10.2. The molecule has 0 aliphatic rings. The molecule has 0 fully saturated rings. The summed E-state index contributed by atoms with van der Waals surface area (Å²) in [6.45, 7) is 0. The lowest BCUT2D eigenvalue weighted by Crippen LogP contribution is -1.89. The van der Waals surface area contributed by atoms with Crippen LogP contribution in [0, 0.1) is 0 Å². The third-order valence-electron chi connectivity index (χ3n) is 3.24. The minimum Gasteiger partial charge on any atom is -0.454 e. The predicted octanol–water partition coefficient (Wildman–Crippen LogP) is 4.54. The van der Waals surface area contributed by atoms with E-state index in [4.69, 9.17) is 16.0 Å². The number of nitrogens with zero attached hydrogens (tertiary/aromatic N) is 2. The van der Waals surface area contributed by atoms with E-state index in [2.05, 4.69) is 15.0 Å². The number of nitrogens with one attached hydrogen (secondary N) is 1. The van der Waals surface area contributed by atoms with Crippen molar-refractivity contribution in [3.8, 4) is 22.8 Å². The molecular weight excluding hydrogens is 286 g/mol. The first kappa shape index (κ1) is 12.2. The number of aromatic nitrogens is 3. The van der Waals surface area contributed by atoms with Gasteiger partial charge in [-0.25, -0.2) is 4.98 Å². The summed E-state index contributed by atoms with van der Waals surface area (Å²) < 4.78 is 5.81. The van der Waals surface area contributed by atoms with E-state index < -0.39 is 0 Å². The Kier molecular flexibility index (Phi) is 2.75. The van der Waals surface area contributed by atoms with Crippen LogP contribution in [-0.4, -0.2) is 15.0 Å². The lowest BCUT2D eigenvalue weighted by Gasteiger charge is -1.99. The van der Waals surface area contributed by atoms with Crippen molar-refractivity contribution in [1.29, 1.82) is 0 Å². The van der Waals surface area contributed by atoms with Crippen LogP contribution in [0.2, 0.25) is 5.02 Å². The molecule has 4 nitrogen and oxygen atoms in total. The maximum absolute atomic E-state index is 5.97. The molecule has 0 amide bonds. The molecular formula is C16H10ClN3O. The molecule has 1 aromatic carbocycles. The molecule has 0 aliphatic heterocycles. The van der Waals surface area contributed by atoms with Crippen LogP contribution in [0.4, 0.5) is 0 Å². The van der Waals surface area contributed by atoms with Gasteiger partial charge in [0.25, 0.3) is 0 Å². The first-order chi connectivity index (χ1) is 10.3. The average Bonchev–Trinajstić information content (AvgIpc) is 3.16. The minimum absolute atomic E-state index is 0.648. The third-order valence-corrected chi connectivity index (χ3v) is 3.48. The topological polar surface area (TPSA) is 54.7 Å². The van der Waals surface area contributed by atoms with Gasteiger partial charge in [-0.05, 0) is 30.3 Å². The molecule has 0 unspecified atom stereocenters. The summed E-state index contributed by atoms with van der Waals surface area (Å²) in [5.41, 5.74) is 3.12. The van der Waals surface area contributed by atoms with Crippen molar-refractivity contribution in [2.24, 2.45) is 0 Å². The van der Waals surface area contributed by atoms with Crippen molar-refractivity contribution >= 4 is 22.6 Å². The number of rotatable bonds is 2. The fourth-order valence-electron chi connectivity index (χ4n) is 2.24. The number of halogens is 1. The molecule has 0 bridgehead atoms. The molecule has 0 spiro atoms. The Morgan fingerprint density at radius 1 is 1.05 bits per heavy atom. The van der Waals surface area contributed by atoms with E-state index >= 15 is 0 Å². The SMILES string of the molecule is Clc1ccc2cc(-c3cncc(-c4ccc[nH]4)n3)oc2c1. The molecule has 0 radical (unpaired) electrons. The van der Waals surface area contributed by atoms with Gasteiger partial charge in [0.15, 0.2) is 5.76 Å². The van der Waals surface area contributed by atoms with E-state index in [0.29, 0.717) is 16.5 Å². The van der Waals surface area contributed by atoms with Gasteiger partial charge in [0.05, 0.1) is 18.1 Å². The van der Waals surface area contributed by atoms with E-state index in [9.17, 15) is 0 Å². The minimum atomic E-state index is 0.648. The van der Waals surface area contributed by atoms with Gasteiger partial charge >= 0.3 is 0 Å². The second kappa shape index (κ2) is 4.75. The van der Waals surface area contributed by atoms with Gasteiger partial charge < -0.3 is 9.40 Å². The van der Waals surface area contributed by atoms with E-state index in [1.807, 2.05) is 36.5 Å². The monoisotopic (exact) mass is 295 g/mol. The van der Waals surface area contributed by atoms with E-state index in [1.165, 1.54) is 0 Å². The van der Waals surface area contributed by atoms with Crippen molar-refractivity contribution in [3.63, 3.8) is 0 Å². The summed E-state index contributed by atoms with van der Waals surface area (Å²) in [5, 5.41) is 1.64. The number of fused-ring (bicyclic) bond motifs is 1. The van der Waals surface area contributed by atoms with Gasteiger partial charge in [-0.3, -0.25) is 4.98 Å². The number of hydrogen-bond donors (Lipinski definition) is 1. The lowest BCUT2D eigenvalue weighted by molar-refractivity contribution is 0.628. The Hall–Kier alpha value is -2.59.